The lowest BCUT2D eigenvalue weighted by Gasteiger charge is -1.97. The van der Waals surface area contributed by atoms with Gasteiger partial charge in [-0.3, -0.25) is 0 Å². The summed E-state index contributed by atoms with van der Waals surface area (Å²) in [7, 11) is 0. The van der Waals surface area contributed by atoms with Gasteiger partial charge < -0.3 is 4.42 Å². The zero-order valence-corrected chi connectivity index (χ0v) is 9.50. The molecule has 0 saturated heterocycles. The van der Waals surface area contributed by atoms with E-state index in [4.69, 9.17) is 4.42 Å². The molecule has 0 bridgehead atoms. The lowest BCUT2D eigenvalue weighted by atomic mass is 10.1. The minimum atomic E-state index is 0.914. The maximum Gasteiger partial charge on any atom is 0.134 e. The van der Waals surface area contributed by atoms with Crippen LogP contribution in [0.3, 0.4) is 0 Å². The third kappa shape index (κ3) is 1.82. The second-order valence-corrected chi connectivity index (χ2v) is 3.96. The van der Waals surface area contributed by atoms with Crippen molar-refractivity contribution in [2.24, 2.45) is 0 Å². The summed E-state index contributed by atoms with van der Waals surface area (Å²) in [4.78, 5) is 0. The molecule has 0 aliphatic carbocycles. The van der Waals surface area contributed by atoms with Gasteiger partial charge in [-0.15, -0.1) is 0 Å². The molecule has 0 aliphatic heterocycles. The molecule has 15 heavy (non-hydrogen) atoms. The van der Waals surface area contributed by atoms with Crippen molar-refractivity contribution in [1.29, 1.82) is 0 Å². The first-order valence-corrected chi connectivity index (χ1v) is 5.31. The fraction of sp³-hybridized carbons (Fsp3) is 0.286. The second-order valence-electron chi connectivity index (χ2n) is 3.96. The molecule has 1 heterocycles. The van der Waals surface area contributed by atoms with Crippen LogP contribution in [0.15, 0.2) is 40.3 Å². The molecule has 0 fully saturated rings. The molecule has 0 amide bonds. The van der Waals surface area contributed by atoms with Crippen molar-refractivity contribution in [1.82, 2.24) is 0 Å². The average molecular weight is 200 g/mol. The molecule has 1 nitrogen and oxygen atoms in total. The van der Waals surface area contributed by atoms with Gasteiger partial charge in [0.1, 0.15) is 11.3 Å². The summed E-state index contributed by atoms with van der Waals surface area (Å²) in [6.07, 6.45) is 3.05. The summed E-state index contributed by atoms with van der Waals surface area (Å²) >= 11 is 0. The zero-order valence-electron chi connectivity index (χ0n) is 9.50. The van der Waals surface area contributed by atoms with E-state index in [-0.39, 0.29) is 0 Å². The van der Waals surface area contributed by atoms with Crippen LogP contribution >= 0.6 is 0 Å². The monoisotopic (exact) mass is 200 g/mol. The maximum absolute atomic E-state index is 5.83. The second kappa shape index (κ2) is 3.93. The first kappa shape index (κ1) is 10.0. The minimum absolute atomic E-state index is 0.914. The number of rotatable bonds is 2. The van der Waals surface area contributed by atoms with Gasteiger partial charge in [0.15, 0.2) is 0 Å². The van der Waals surface area contributed by atoms with E-state index < -0.39 is 0 Å². The third-order valence-corrected chi connectivity index (χ3v) is 2.87. The standard InChI is InChI=1S/C14H16O/c1-4-10(2)9-14-11(3)12-7-5-6-8-13(12)15-14/h4-8H,9H2,1-3H3/b10-4+. The van der Waals surface area contributed by atoms with Crippen LogP contribution in [0.2, 0.25) is 0 Å². The Morgan fingerprint density at radius 2 is 2.07 bits per heavy atom. The van der Waals surface area contributed by atoms with E-state index in [0.717, 1.165) is 17.8 Å². The summed E-state index contributed by atoms with van der Waals surface area (Å²) in [5.74, 6) is 1.09. The van der Waals surface area contributed by atoms with Gasteiger partial charge in [0.25, 0.3) is 0 Å². The van der Waals surface area contributed by atoms with E-state index in [2.05, 4.69) is 39.0 Å². The topological polar surface area (TPSA) is 13.1 Å². The molecule has 0 atom stereocenters. The molecule has 1 heteroatoms. The molecule has 0 aliphatic rings. The van der Waals surface area contributed by atoms with E-state index >= 15 is 0 Å². The fourth-order valence-electron chi connectivity index (χ4n) is 1.75. The number of aryl methyl sites for hydroxylation is 1. The predicted octanol–water partition coefficient (Wildman–Crippen LogP) is 4.25. The van der Waals surface area contributed by atoms with Crippen molar-refractivity contribution in [2.45, 2.75) is 27.2 Å². The van der Waals surface area contributed by atoms with Crippen molar-refractivity contribution in [2.75, 3.05) is 0 Å². The Kier molecular flexibility index (Phi) is 2.63. The number of fused-ring (bicyclic) bond motifs is 1. The van der Waals surface area contributed by atoms with Crippen LogP contribution in [0, 0.1) is 6.92 Å². The van der Waals surface area contributed by atoms with Gasteiger partial charge >= 0.3 is 0 Å². The number of hydrogen-bond donors (Lipinski definition) is 0. The highest BCUT2D eigenvalue weighted by Gasteiger charge is 2.09. The molecule has 0 N–H and O–H groups in total. The highest BCUT2D eigenvalue weighted by atomic mass is 16.3. The van der Waals surface area contributed by atoms with E-state index in [1.54, 1.807) is 0 Å². The van der Waals surface area contributed by atoms with Crippen LogP contribution in [-0.2, 0) is 6.42 Å². The Labute approximate surface area is 90.4 Å². The third-order valence-electron chi connectivity index (χ3n) is 2.87. The maximum atomic E-state index is 5.83. The summed E-state index contributed by atoms with van der Waals surface area (Å²) in [6, 6.07) is 8.20. The first-order chi connectivity index (χ1) is 7.22. The quantitative estimate of drug-likeness (QED) is 0.660. The van der Waals surface area contributed by atoms with E-state index in [1.165, 1.54) is 16.5 Å². The molecule has 2 aromatic rings. The molecule has 0 spiro atoms. The number of benzene rings is 1. The van der Waals surface area contributed by atoms with Crippen molar-refractivity contribution in [3.8, 4) is 0 Å². The van der Waals surface area contributed by atoms with Gasteiger partial charge in [0.2, 0.25) is 0 Å². The highest BCUT2D eigenvalue weighted by molar-refractivity contribution is 5.81. The number of hydrogen-bond acceptors (Lipinski definition) is 1. The van der Waals surface area contributed by atoms with Crippen LogP contribution in [0.25, 0.3) is 11.0 Å². The Morgan fingerprint density at radius 1 is 1.33 bits per heavy atom. The summed E-state index contributed by atoms with van der Waals surface area (Å²) < 4.78 is 5.83. The van der Waals surface area contributed by atoms with Crippen LogP contribution < -0.4 is 0 Å². The summed E-state index contributed by atoms with van der Waals surface area (Å²) in [5.41, 5.74) is 3.61. The van der Waals surface area contributed by atoms with E-state index in [1.807, 2.05) is 12.1 Å². The molecule has 2 rings (SSSR count). The van der Waals surface area contributed by atoms with Gasteiger partial charge in [-0.25, -0.2) is 0 Å². The SMILES string of the molecule is C/C=C(\C)Cc1oc2ccccc2c1C. The summed E-state index contributed by atoms with van der Waals surface area (Å²) in [6.45, 7) is 6.32. The Balaban J connectivity index is 2.49. The fourth-order valence-corrected chi connectivity index (χ4v) is 1.75. The van der Waals surface area contributed by atoms with Crippen molar-refractivity contribution in [3.63, 3.8) is 0 Å². The van der Waals surface area contributed by atoms with Crippen LogP contribution in [-0.4, -0.2) is 0 Å². The van der Waals surface area contributed by atoms with Gasteiger partial charge in [-0.1, -0.05) is 29.8 Å². The number of allylic oxidation sites excluding steroid dienone is 2. The molecule has 0 unspecified atom stereocenters. The first-order valence-electron chi connectivity index (χ1n) is 5.31. The average Bonchev–Trinajstić information content (AvgIpc) is 2.57. The molecular formula is C14H16O. The minimum Gasteiger partial charge on any atom is -0.460 e. The zero-order chi connectivity index (χ0) is 10.8. The lowest BCUT2D eigenvalue weighted by Crippen LogP contribution is -1.85. The van der Waals surface area contributed by atoms with E-state index in [0.29, 0.717) is 0 Å². The smallest absolute Gasteiger partial charge is 0.134 e. The molecule has 1 aromatic heterocycles. The highest BCUT2D eigenvalue weighted by Crippen LogP contribution is 2.26. The van der Waals surface area contributed by atoms with Crippen LogP contribution in [0.4, 0.5) is 0 Å². The molecule has 0 saturated carbocycles. The lowest BCUT2D eigenvalue weighted by molar-refractivity contribution is 0.557. The summed E-state index contributed by atoms with van der Waals surface area (Å²) in [5, 5.41) is 1.23. The van der Waals surface area contributed by atoms with Crippen LogP contribution in [0.1, 0.15) is 25.2 Å². The molecular weight excluding hydrogens is 184 g/mol. The number of para-hydroxylation sites is 1. The largest absolute Gasteiger partial charge is 0.460 e. The molecule has 78 valence electrons. The Hall–Kier alpha value is -1.50. The van der Waals surface area contributed by atoms with Crippen molar-refractivity contribution >= 4 is 11.0 Å². The molecule has 1 aromatic carbocycles. The van der Waals surface area contributed by atoms with Gasteiger partial charge in [0.05, 0.1) is 0 Å². The Morgan fingerprint density at radius 3 is 2.73 bits per heavy atom. The van der Waals surface area contributed by atoms with Gasteiger partial charge in [0, 0.05) is 11.8 Å². The Bertz CT molecular complexity index is 503. The van der Waals surface area contributed by atoms with Gasteiger partial charge in [-0.2, -0.15) is 0 Å². The van der Waals surface area contributed by atoms with Crippen molar-refractivity contribution < 1.29 is 4.42 Å². The van der Waals surface area contributed by atoms with E-state index in [9.17, 15) is 0 Å². The van der Waals surface area contributed by atoms with Crippen molar-refractivity contribution in [3.05, 3.63) is 47.2 Å². The predicted molar refractivity (Wildman–Crippen MR) is 64.1 cm³/mol. The normalized spacial score (nSPS) is 12.3. The van der Waals surface area contributed by atoms with Gasteiger partial charge in [-0.05, 0) is 32.4 Å². The molecule has 0 radical (unpaired) electrons. The number of furan rings is 1. The van der Waals surface area contributed by atoms with Crippen LogP contribution in [0.5, 0.6) is 0 Å².